The minimum Gasteiger partial charge on any atom is -0.382 e. The van der Waals surface area contributed by atoms with E-state index < -0.39 is 17.3 Å². The number of piperidine rings is 1. The average Bonchev–Trinajstić information content (AvgIpc) is 3.02. The number of β-amino-alcohol motifs (C(OH)–C–C–N with tert-alkyl or cyclic N) is 1. The molecular weight excluding hydrogens is 299 g/mol. The molecule has 0 spiro atoms. The molecular formula is C13H14F3N5O. The van der Waals surface area contributed by atoms with Crippen molar-refractivity contribution in [3.63, 3.8) is 0 Å². The molecule has 3 rings (SSSR count). The van der Waals surface area contributed by atoms with E-state index in [2.05, 4.69) is 20.4 Å². The first-order valence-corrected chi connectivity index (χ1v) is 6.75. The molecule has 0 aromatic carbocycles. The van der Waals surface area contributed by atoms with Crippen LogP contribution < -0.4 is 4.90 Å². The molecule has 3 heterocycles. The van der Waals surface area contributed by atoms with Gasteiger partial charge in [0.25, 0.3) is 0 Å². The van der Waals surface area contributed by atoms with Gasteiger partial charge in [-0.05, 0) is 25.0 Å². The van der Waals surface area contributed by atoms with E-state index >= 15 is 0 Å². The summed E-state index contributed by atoms with van der Waals surface area (Å²) in [5.74, 6) is 0.191. The molecule has 0 aliphatic carbocycles. The summed E-state index contributed by atoms with van der Waals surface area (Å²) in [6.07, 6.45) is -0.794. The van der Waals surface area contributed by atoms with Crippen LogP contribution in [0.3, 0.4) is 0 Å². The zero-order valence-corrected chi connectivity index (χ0v) is 11.5. The second kappa shape index (κ2) is 5.24. The van der Waals surface area contributed by atoms with Gasteiger partial charge in [-0.2, -0.15) is 28.6 Å². The Bertz CT molecular complexity index is 645. The molecule has 6 nitrogen and oxygen atoms in total. The van der Waals surface area contributed by atoms with Crippen molar-refractivity contribution in [3.05, 3.63) is 35.8 Å². The van der Waals surface area contributed by atoms with Crippen LogP contribution in [0.1, 0.15) is 24.1 Å². The van der Waals surface area contributed by atoms with Crippen molar-refractivity contribution in [2.45, 2.75) is 24.6 Å². The highest BCUT2D eigenvalue weighted by Crippen LogP contribution is 2.34. The maximum Gasteiger partial charge on any atom is 0.416 e. The first-order valence-electron chi connectivity index (χ1n) is 6.75. The fourth-order valence-corrected chi connectivity index (χ4v) is 2.63. The molecule has 9 heteroatoms. The Hall–Kier alpha value is -2.16. The summed E-state index contributed by atoms with van der Waals surface area (Å²) >= 11 is 0. The third kappa shape index (κ3) is 2.76. The molecule has 0 saturated carbocycles. The number of alkyl halides is 3. The predicted molar refractivity (Wildman–Crippen MR) is 71.0 cm³/mol. The molecule has 1 saturated heterocycles. The third-order valence-corrected chi connectivity index (χ3v) is 3.76. The molecule has 0 amide bonds. The van der Waals surface area contributed by atoms with Crippen LogP contribution in [-0.2, 0) is 11.8 Å². The van der Waals surface area contributed by atoms with Crippen molar-refractivity contribution in [1.29, 1.82) is 0 Å². The fourth-order valence-electron chi connectivity index (χ4n) is 2.63. The highest BCUT2D eigenvalue weighted by molar-refractivity contribution is 5.43. The van der Waals surface area contributed by atoms with Gasteiger partial charge in [-0.15, -0.1) is 0 Å². The van der Waals surface area contributed by atoms with Gasteiger partial charge in [0.2, 0.25) is 0 Å². The number of halogens is 3. The van der Waals surface area contributed by atoms with Crippen molar-refractivity contribution in [3.8, 4) is 0 Å². The molecule has 2 aromatic heterocycles. The lowest BCUT2D eigenvalue weighted by atomic mass is 9.90. The van der Waals surface area contributed by atoms with Gasteiger partial charge in [0, 0.05) is 12.7 Å². The molecule has 1 atom stereocenters. The molecule has 2 aromatic rings. The molecule has 22 heavy (non-hydrogen) atoms. The van der Waals surface area contributed by atoms with Gasteiger partial charge < -0.3 is 10.0 Å². The van der Waals surface area contributed by atoms with Crippen LogP contribution in [0.2, 0.25) is 0 Å². The summed E-state index contributed by atoms with van der Waals surface area (Å²) in [6.45, 7) is 0.641. The number of aromatic amines is 1. The van der Waals surface area contributed by atoms with E-state index in [4.69, 9.17) is 0 Å². The first kappa shape index (κ1) is 14.8. The topological polar surface area (TPSA) is 77.9 Å². The lowest BCUT2D eigenvalue weighted by molar-refractivity contribution is -0.137. The van der Waals surface area contributed by atoms with E-state index in [-0.39, 0.29) is 12.4 Å². The van der Waals surface area contributed by atoms with Crippen LogP contribution in [-0.4, -0.2) is 38.6 Å². The van der Waals surface area contributed by atoms with Crippen LogP contribution in [0.5, 0.6) is 0 Å². The number of aromatic nitrogens is 4. The maximum absolute atomic E-state index is 12.8. The van der Waals surface area contributed by atoms with Crippen LogP contribution in [0.25, 0.3) is 0 Å². The Balaban J connectivity index is 1.86. The van der Waals surface area contributed by atoms with Gasteiger partial charge in [-0.1, -0.05) is 0 Å². The molecule has 2 N–H and O–H groups in total. The van der Waals surface area contributed by atoms with E-state index in [1.165, 1.54) is 6.20 Å². The largest absolute Gasteiger partial charge is 0.416 e. The normalized spacial score (nSPS) is 22.8. The number of H-pyrrole nitrogens is 1. The lowest BCUT2D eigenvalue weighted by Gasteiger charge is -2.38. The van der Waals surface area contributed by atoms with Gasteiger partial charge in [0.15, 0.2) is 0 Å². The lowest BCUT2D eigenvalue weighted by Crippen LogP contribution is -2.46. The number of anilines is 1. The second-order valence-corrected chi connectivity index (χ2v) is 5.31. The number of hydrogen-bond donors (Lipinski definition) is 2. The summed E-state index contributed by atoms with van der Waals surface area (Å²) in [6, 6.07) is 1.92. The Kier molecular flexibility index (Phi) is 3.51. The van der Waals surface area contributed by atoms with Crippen LogP contribution in [0, 0.1) is 0 Å². The predicted octanol–water partition coefficient (Wildman–Crippen LogP) is 1.71. The van der Waals surface area contributed by atoms with Crippen molar-refractivity contribution in [2.24, 2.45) is 0 Å². The minimum absolute atomic E-state index is 0.119. The molecule has 1 unspecified atom stereocenters. The molecule has 1 aliphatic rings. The summed E-state index contributed by atoms with van der Waals surface area (Å²) in [5, 5.41) is 20.7. The third-order valence-electron chi connectivity index (χ3n) is 3.76. The van der Waals surface area contributed by atoms with Crippen molar-refractivity contribution in [2.75, 3.05) is 18.0 Å². The van der Waals surface area contributed by atoms with Gasteiger partial charge in [-0.25, -0.2) is 4.98 Å². The summed E-state index contributed by atoms with van der Waals surface area (Å²) < 4.78 is 38.4. The number of rotatable bonds is 2. The summed E-state index contributed by atoms with van der Waals surface area (Å²) in [7, 11) is 0. The minimum atomic E-state index is -4.42. The van der Waals surface area contributed by atoms with E-state index in [1.807, 2.05) is 0 Å². The Morgan fingerprint density at radius 1 is 1.36 bits per heavy atom. The zero-order chi connectivity index (χ0) is 15.8. The molecule has 118 valence electrons. The maximum atomic E-state index is 12.8. The van der Waals surface area contributed by atoms with E-state index in [1.54, 1.807) is 4.90 Å². The van der Waals surface area contributed by atoms with E-state index in [0.29, 0.717) is 25.1 Å². The highest BCUT2D eigenvalue weighted by atomic mass is 19.4. The quantitative estimate of drug-likeness (QED) is 0.882. The smallest absolute Gasteiger partial charge is 0.382 e. The number of nitrogens with one attached hydrogen (secondary N) is 1. The van der Waals surface area contributed by atoms with Gasteiger partial charge in [0.05, 0.1) is 18.3 Å². The van der Waals surface area contributed by atoms with Crippen molar-refractivity contribution in [1.82, 2.24) is 20.4 Å². The molecule has 1 aliphatic heterocycles. The van der Waals surface area contributed by atoms with Crippen LogP contribution in [0.15, 0.2) is 24.5 Å². The first-order chi connectivity index (χ1) is 10.4. The zero-order valence-electron chi connectivity index (χ0n) is 11.5. The standard InChI is InChI=1S/C13H14F3N5O/c14-13(15,16)9-2-4-17-11(6-9)21-5-1-3-12(22,8-21)10-7-18-20-19-10/h2,4,6-7,22H,1,3,5,8H2,(H,18,19,20). The molecule has 1 fully saturated rings. The van der Waals surface area contributed by atoms with E-state index in [0.717, 1.165) is 18.3 Å². The van der Waals surface area contributed by atoms with Crippen LogP contribution >= 0.6 is 0 Å². The Morgan fingerprint density at radius 3 is 2.86 bits per heavy atom. The molecule has 0 radical (unpaired) electrons. The average molecular weight is 313 g/mol. The summed E-state index contributed by atoms with van der Waals surface area (Å²) in [5.41, 5.74) is -1.63. The van der Waals surface area contributed by atoms with Crippen LogP contribution in [0.4, 0.5) is 19.0 Å². The number of pyridine rings is 1. The molecule has 0 bridgehead atoms. The van der Waals surface area contributed by atoms with Gasteiger partial charge in [0.1, 0.15) is 17.1 Å². The fraction of sp³-hybridized carbons (Fsp3) is 0.462. The summed E-state index contributed by atoms with van der Waals surface area (Å²) in [4.78, 5) is 5.63. The van der Waals surface area contributed by atoms with Gasteiger partial charge in [-0.3, -0.25) is 0 Å². The number of nitrogens with zero attached hydrogens (tertiary/aromatic N) is 4. The van der Waals surface area contributed by atoms with Crippen molar-refractivity contribution < 1.29 is 18.3 Å². The number of hydrogen-bond acceptors (Lipinski definition) is 5. The van der Waals surface area contributed by atoms with Gasteiger partial charge >= 0.3 is 6.18 Å². The second-order valence-electron chi connectivity index (χ2n) is 5.31. The SMILES string of the molecule is OC1(c2cn[nH]n2)CCCN(c2cc(C(F)(F)F)ccn2)C1. The Labute approximate surface area is 124 Å². The van der Waals surface area contributed by atoms with Crippen molar-refractivity contribution >= 4 is 5.82 Å². The van der Waals surface area contributed by atoms with E-state index in [9.17, 15) is 18.3 Å². The Morgan fingerprint density at radius 2 is 2.18 bits per heavy atom. The monoisotopic (exact) mass is 313 g/mol. The highest BCUT2D eigenvalue weighted by Gasteiger charge is 2.38. The number of aliphatic hydroxyl groups is 1.